The molecule has 0 saturated carbocycles. The molecule has 2 saturated heterocycles. The first-order valence-electron chi connectivity index (χ1n) is 18.2. The van der Waals surface area contributed by atoms with Crippen LogP contribution < -0.4 is 27.2 Å². The molecule has 6 rings (SSSR count). The van der Waals surface area contributed by atoms with E-state index in [1.807, 2.05) is 0 Å². The fourth-order valence-electron chi connectivity index (χ4n) is 5.30. The predicted molar refractivity (Wildman–Crippen MR) is 217 cm³/mol. The van der Waals surface area contributed by atoms with Crippen LogP contribution >= 0.6 is 0 Å². The van der Waals surface area contributed by atoms with Gasteiger partial charge in [0.15, 0.2) is 0 Å². The average molecular weight is 883 g/mol. The van der Waals surface area contributed by atoms with Gasteiger partial charge >= 0.3 is 11.4 Å². The van der Waals surface area contributed by atoms with E-state index < -0.39 is 82.4 Å². The second-order valence-electron chi connectivity index (χ2n) is 12.6. The standard InChI is InChI=1S/C18H17N3O8.C12H14N2O6.C6H5NO3.C2H6N2/c22-10-15-14(23)8-16(29-15)20-9-11(17(24)19-18(20)25)2-1-7-28-13-5-3-12(4-6-13)21(26)27;15-3-1-2-7-5-14(12(19)13-11(7)18)10-4-8(17)9(6-16)20-10;8-6-3-1-5(2-4-6)7(9)10;1-3-4-2/h3-6,9,14-16,22-23H,7-8,10H2,(H,19,24,25);5,8-10,15-17H,3-4,6H2,(H,13,18,19);1-4,8H;1-2H3. The van der Waals surface area contributed by atoms with Gasteiger partial charge in [0.1, 0.15) is 60.5 Å². The Balaban J connectivity index is 0.000000266. The summed E-state index contributed by atoms with van der Waals surface area (Å²) < 4.78 is 18.3. The third-order valence-electron chi connectivity index (χ3n) is 8.47. The van der Waals surface area contributed by atoms with Crippen LogP contribution in [0.3, 0.4) is 0 Å². The number of H-pyrrole nitrogens is 2. The number of ether oxygens (including phenoxy) is 3. The van der Waals surface area contributed by atoms with Crippen molar-refractivity contribution in [2.24, 2.45) is 10.2 Å². The molecular formula is C38H42N8O17. The van der Waals surface area contributed by atoms with Crippen LogP contribution in [0.2, 0.25) is 0 Å². The Labute approximate surface area is 354 Å². The van der Waals surface area contributed by atoms with Gasteiger partial charge < -0.3 is 44.8 Å². The Morgan fingerprint density at radius 1 is 0.730 bits per heavy atom. The number of nitrogens with zero attached hydrogens (tertiary/aromatic N) is 6. The Hall–Kier alpha value is -7.36. The molecule has 0 aliphatic carbocycles. The highest BCUT2D eigenvalue weighted by Crippen LogP contribution is 2.28. The minimum atomic E-state index is -0.937. The number of nitrogens with one attached hydrogen (secondary N) is 2. The van der Waals surface area contributed by atoms with Gasteiger partial charge in [0.05, 0.1) is 35.3 Å². The number of rotatable bonds is 8. The fraction of sp³-hybridized carbons (Fsp3) is 0.368. The first-order valence-corrected chi connectivity index (χ1v) is 18.2. The predicted octanol–water partition coefficient (Wildman–Crippen LogP) is -0.964. The van der Waals surface area contributed by atoms with Crippen molar-refractivity contribution < 1.29 is 54.7 Å². The molecule has 25 nitrogen and oxygen atoms in total. The van der Waals surface area contributed by atoms with Gasteiger partial charge in [-0.1, -0.05) is 23.7 Å². The van der Waals surface area contributed by atoms with Gasteiger partial charge in [0, 0.05) is 63.6 Å². The zero-order valence-corrected chi connectivity index (χ0v) is 33.3. The molecule has 2 aliphatic heterocycles. The number of hydrogen-bond acceptors (Lipinski definition) is 19. The van der Waals surface area contributed by atoms with E-state index in [9.17, 15) is 49.6 Å². The number of phenols is 1. The number of aromatic hydroxyl groups is 1. The van der Waals surface area contributed by atoms with E-state index in [4.69, 9.17) is 34.6 Å². The number of phenolic OH excluding ortho intramolecular Hbond substituents is 1. The topological polar surface area (TPSA) is 370 Å². The summed E-state index contributed by atoms with van der Waals surface area (Å²) in [4.78, 5) is 71.1. The maximum atomic E-state index is 12.0. The van der Waals surface area contributed by atoms with Gasteiger partial charge in [-0.05, 0) is 24.3 Å². The normalized spacial score (nSPS) is 19.6. The molecule has 2 aliphatic rings. The first kappa shape index (κ1) is 50.0. The Morgan fingerprint density at radius 3 is 1.51 bits per heavy atom. The minimum absolute atomic E-state index is 0.00388. The summed E-state index contributed by atoms with van der Waals surface area (Å²) in [5.74, 6) is 10.3. The molecule has 2 aromatic carbocycles. The summed E-state index contributed by atoms with van der Waals surface area (Å²) in [6.45, 7) is -1.28. The van der Waals surface area contributed by atoms with Crippen LogP contribution in [-0.2, 0) is 9.47 Å². The summed E-state index contributed by atoms with van der Waals surface area (Å²) in [6, 6.07) is 10.5. The smallest absolute Gasteiger partial charge is 0.330 e. The number of nitro benzene ring substituents is 2. The minimum Gasteiger partial charge on any atom is -0.508 e. The second kappa shape index (κ2) is 24.8. The molecule has 4 aromatic rings. The highest BCUT2D eigenvalue weighted by Gasteiger charge is 2.36. The lowest BCUT2D eigenvalue weighted by Crippen LogP contribution is -2.33. The first-order chi connectivity index (χ1) is 30.1. The van der Waals surface area contributed by atoms with Crippen molar-refractivity contribution in [3.05, 3.63) is 134 Å². The molecular weight excluding hydrogens is 840 g/mol. The van der Waals surface area contributed by atoms with Crippen LogP contribution in [-0.4, -0.2) is 125 Å². The van der Waals surface area contributed by atoms with Gasteiger partial charge in [-0.25, -0.2) is 9.59 Å². The highest BCUT2D eigenvalue weighted by molar-refractivity contribution is 5.37. The number of aliphatic hydroxyl groups excluding tert-OH is 5. The molecule has 0 amide bonds. The third kappa shape index (κ3) is 14.9. The van der Waals surface area contributed by atoms with Gasteiger partial charge in [-0.15, -0.1) is 0 Å². The van der Waals surface area contributed by atoms with Gasteiger partial charge in [0.2, 0.25) is 0 Å². The number of aliphatic hydroxyl groups is 5. The quantitative estimate of drug-likeness (QED) is 0.0457. The summed E-state index contributed by atoms with van der Waals surface area (Å²) in [5, 5.41) is 82.3. The fourth-order valence-corrected chi connectivity index (χ4v) is 5.30. The average Bonchev–Trinajstić information content (AvgIpc) is 3.84. The number of hydrogen-bond donors (Lipinski definition) is 8. The third-order valence-corrected chi connectivity index (χ3v) is 8.47. The van der Waals surface area contributed by atoms with Crippen LogP contribution in [0.15, 0.2) is 90.3 Å². The molecule has 0 spiro atoms. The van der Waals surface area contributed by atoms with E-state index in [1.54, 1.807) is 14.1 Å². The van der Waals surface area contributed by atoms with Crippen molar-refractivity contribution in [1.82, 2.24) is 19.1 Å². The molecule has 2 fully saturated rings. The van der Waals surface area contributed by atoms with Gasteiger partial charge in [0.25, 0.3) is 22.5 Å². The van der Waals surface area contributed by atoms with Crippen LogP contribution in [0.4, 0.5) is 11.4 Å². The maximum Gasteiger partial charge on any atom is 0.330 e. The zero-order chi connectivity index (χ0) is 46.6. The highest BCUT2D eigenvalue weighted by atomic mass is 16.6. The molecule has 2 aromatic heterocycles. The number of non-ortho nitro benzene ring substituents is 2. The Morgan fingerprint density at radius 2 is 1.14 bits per heavy atom. The number of azo groups is 1. The van der Waals surface area contributed by atoms with Crippen LogP contribution in [0.1, 0.15) is 36.4 Å². The van der Waals surface area contributed by atoms with Crippen LogP contribution in [0.25, 0.3) is 0 Å². The van der Waals surface area contributed by atoms with Crippen molar-refractivity contribution >= 4 is 11.4 Å². The van der Waals surface area contributed by atoms with Crippen molar-refractivity contribution in [3.63, 3.8) is 0 Å². The van der Waals surface area contributed by atoms with Crippen molar-refractivity contribution in [2.45, 2.75) is 49.7 Å². The van der Waals surface area contributed by atoms with E-state index in [-0.39, 0.29) is 54.3 Å². The SMILES string of the molecule is CN=NC.O=[N+]([O-])c1ccc(O)cc1.O=c1[nH]c(=O)n(C2CC(O)C(CO)O2)cc1C#CCO.O=c1[nH]c(=O)n(C2CC(O)C(CO)O2)cc1C#CCOc1ccc([N+](=O)[O-])cc1. The van der Waals surface area contributed by atoms with Crippen molar-refractivity contribution in [1.29, 1.82) is 0 Å². The van der Waals surface area contributed by atoms with Crippen LogP contribution in [0, 0.1) is 43.9 Å². The van der Waals surface area contributed by atoms with Gasteiger partial charge in [-0.3, -0.25) is 48.9 Å². The van der Waals surface area contributed by atoms with Gasteiger partial charge in [-0.2, -0.15) is 10.2 Å². The van der Waals surface area contributed by atoms with E-state index in [0.717, 1.165) is 9.13 Å². The van der Waals surface area contributed by atoms with E-state index in [0.29, 0.717) is 5.75 Å². The van der Waals surface area contributed by atoms with Crippen molar-refractivity contribution in [3.8, 4) is 35.2 Å². The molecule has 63 heavy (non-hydrogen) atoms. The zero-order valence-electron chi connectivity index (χ0n) is 33.3. The summed E-state index contributed by atoms with van der Waals surface area (Å²) >= 11 is 0. The number of benzene rings is 2. The van der Waals surface area contributed by atoms with E-state index in [1.165, 1.54) is 60.9 Å². The maximum absolute atomic E-state index is 12.0. The lowest BCUT2D eigenvalue weighted by Gasteiger charge is -2.14. The number of aromatic nitrogens is 4. The summed E-state index contributed by atoms with van der Waals surface area (Å²) in [5.41, 5.74) is -2.86. The van der Waals surface area contributed by atoms with E-state index in [2.05, 4.69) is 43.9 Å². The molecule has 6 unspecified atom stereocenters. The monoisotopic (exact) mass is 882 g/mol. The number of nitro groups is 2. The van der Waals surface area contributed by atoms with E-state index >= 15 is 0 Å². The molecule has 4 heterocycles. The lowest BCUT2D eigenvalue weighted by atomic mass is 10.2. The Kier molecular flexibility index (Phi) is 19.7. The Bertz CT molecular complexity index is 2550. The molecule has 336 valence electrons. The summed E-state index contributed by atoms with van der Waals surface area (Å²) in [7, 11) is 3.28. The lowest BCUT2D eigenvalue weighted by molar-refractivity contribution is -0.385. The summed E-state index contributed by atoms with van der Waals surface area (Å²) in [6.07, 6.45) is -2.43. The largest absolute Gasteiger partial charge is 0.508 e. The molecule has 0 bridgehead atoms. The van der Waals surface area contributed by atoms with Crippen LogP contribution in [0.5, 0.6) is 11.5 Å². The number of aromatic amines is 2. The molecule has 8 N–H and O–H groups in total. The molecule has 6 atom stereocenters. The molecule has 25 heteroatoms. The second-order valence-corrected chi connectivity index (χ2v) is 12.6. The molecule has 0 radical (unpaired) electrons. The van der Waals surface area contributed by atoms with Crippen molar-refractivity contribution in [2.75, 3.05) is 40.5 Å².